The lowest BCUT2D eigenvalue weighted by Crippen LogP contribution is -2.42. The summed E-state index contributed by atoms with van der Waals surface area (Å²) >= 11 is 0. The number of halogens is 2. The standard InChI is InChI=1S/C14H19F2N3O/c1-10-4-5-13(17-7-10)18-14(20)11-3-2-6-19(8-11)9-12(15)16/h4-5,7,11-12H,2-3,6,8-9H2,1H3,(H,17,18,20). The zero-order valence-corrected chi connectivity index (χ0v) is 11.5. The molecule has 1 aliphatic heterocycles. The Bertz CT molecular complexity index is 450. The molecule has 110 valence electrons. The molecule has 2 heterocycles. The van der Waals surface area contributed by atoms with Gasteiger partial charge in [-0.2, -0.15) is 0 Å². The number of carbonyl (C=O) groups is 1. The van der Waals surface area contributed by atoms with Gasteiger partial charge in [-0.15, -0.1) is 0 Å². The number of aromatic nitrogens is 1. The molecule has 1 aromatic rings. The van der Waals surface area contributed by atoms with Crippen molar-refractivity contribution in [2.24, 2.45) is 5.92 Å². The van der Waals surface area contributed by atoms with Gasteiger partial charge in [0.15, 0.2) is 0 Å². The molecule has 0 spiro atoms. The average Bonchev–Trinajstić information content (AvgIpc) is 2.41. The molecule has 0 saturated carbocycles. The van der Waals surface area contributed by atoms with Gasteiger partial charge in [0.05, 0.1) is 12.5 Å². The Hall–Kier alpha value is -1.56. The fraction of sp³-hybridized carbons (Fsp3) is 0.571. The maximum Gasteiger partial charge on any atom is 0.251 e. The van der Waals surface area contributed by atoms with Gasteiger partial charge in [0.1, 0.15) is 5.82 Å². The zero-order chi connectivity index (χ0) is 14.5. The number of anilines is 1. The molecule has 2 rings (SSSR count). The zero-order valence-electron chi connectivity index (χ0n) is 11.5. The van der Waals surface area contributed by atoms with Crippen LogP contribution in [0.2, 0.25) is 0 Å². The van der Waals surface area contributed by atoms with Crippen LogP contribution in [-0.2, 0) is 4.79 Å². The van der Waals surface area contributed by atoms with Gasteiger partial charge in [0, 0.05) is 12.7 Å². The second-order valence-corrected chi connectivity index (χ2v) is 5.20. The first-order chi connectivity index (χ1) is 9.54. The van der Waals surface area contributed by atoms with Crippen molar-refractivity contribution in [1.82, 2.24) is 9.88 Å². The van der Waals surface area contributed by atoms with Crippen LogP contribution in [0.1, 0.15) is 18.4 Å². The van der Waals surface area contributed by atoms with E-state index in [4.69, 9.17) is 0 Å². The average molecular weight is 283 g/mol. The Labute approximate surface area is 117 Å². The van der Waals surface area contributed by atoms with Crippen LogP contribution in [0.3, 0.4) is 0 Å². The molecule has 20 heavy (non-hydrogen) atoms. The highest BCUT2D eigenvalue weighted by atomic mass is 19.3. The Kier molecular flexibility index (Phi) is 5.00. The Balaban J connectivity index is 1.90. The Morgan fingerprint density at radius 3 is 3.00 bits per heavy atom. The maximum atomic E-state index is 12.4. The van der Waals surface area contributed by atoms with Crippen LogP contribution in [-0.4, -0.2) is 41.9 Å². The summed E-state index contributed by atoms with van der Waals surface area (Å²) in [6, 6.07) is 3.61. The first-order valence-electron chi connectivity index (χ1n) is 6.78. The molecule has 1 saturated heterocycles. The number of rotatable bonds is 4. The van der Waals surface area contributed by atoms with Gasteiger partial charge in [0.2, 0.25) is 5.91 Å². The molecule has 1 amide bonds. The fourth-order valence-corrected chi connectivity index (χ4v) is 2.40. The van der Waals surface area contributed by atoms with Crippen LogP contribution in [0.5, 0.6) is 0 Å². The number of likely N-dealkylation sites (tertiary alicyclic amines) is 1. The number of amides is 1. The van der Waals surface area contributed by atoms with E-state index in [-0.39, 0.29) is 18.4 Å². The van der Waals surface area contributed by atoms with E-state index in [1.54, 1.807) is 17.2 Å². The van der Waals surface area contributed by atoms with Crippen LogP contribution >= 0.6 is 0 Å². The monoisotopic (exact) mass is 283 g/mol. The third-order valence-corrected chi connectivity index (χ3v) is 3.44. The van der Waals surface area contributed by atoms with Crippen molar-refractivity contribution in [2.45, 2.75) is 26.2 Å². The number of pyridine rings is 1. The lowest BCUT2D eigenvalue weighted by atomic mass is 9.97. The second kappa shape index (κ2) is 6.74. The third-order valence-electron chi connectivity index (χ3n) is 3.44. The highest BCUT2D eigenvalue weighted by Gasteiger charge is 2.27. The Morgan fingerprint density at radius 2 is 2.35 bits per heavy atom. The summed E-state index contributed by atoms with van der Waals surface area (Å²) in [5, 5.41) is 2.75. The maximum absolute atomic E-state index is 12.4. The normalized spacial score (nSPS) is 20.1. The van der Waals surface area contributed by atoms with Crippen LogP contribution in [0.25, 0.3) is 0 Å². The van der Waals surface area contributed by atoms with Gasteiger partial charge < -0.3 is 5.32 Å². The molecular formula is C14H19F2N3O. The van der Waals surface area contributed by atoms with Crippen LogP contribution in [0, 0.1) is 12.8 Å². The van der Waals surface area contributed by atoms with Crippen molar-refractivity contribution in [3.63, 3.8) is 0 Å². The molecule has 4 nitrogen and oxygen atoms in total. The van der Waals surface area contributed by atoms with Crippen molar-refractivity contribution < 1.29 is 13.6 Å². The predicted molar refractivity (Wildman–Crippen MR) is 72.8 cm³/mol. The molecular weight excluding hydrogens is 264 g/mol. The summed E-state index contributed by atoms with van der Waals surface area (Å²) in [7, 11) is 0. The second-order valence-electron chi connectivity index (χ2n) is 5.20. The van der Waals surface area contributed by atoms with Crippen LogP contribution in [0.4, 0.5) is 14.6 Å². The molecule has 1 unspecified atom stereocenters. The van der Waals surface area contributed by atoms with Crippen LogP contribution in [0.15, 0.2) is 18.3 Å². The molecule has 1 N–H and O–H groups in total. The summed E-state index contributed by atoms with van der Waals surface area (Å²) in [4.78, 5) is 17.9. The number of alkyl halides is 2. The van der Waals surface area contributed by atoms with Gasteiger partial charge in [-0.3, -0.25) is 9.69 Å². The molecule has 0 aromatic carbocycles. The van der Waals surface area contributed by atoms with E-state index in [0.717, 1.165) is 18.4 Å². The SMILES string of the molecule is Cc1ccc(NC(=O)C2CCCN(CC(F)F)C2)nc1. The third kappa shape index (κ3) is 4.23. The molecule has 1 atom stereocenters. The summed E-state index contributed by atoms with van der Waals surface area (Å²) in [5.41, 5.74) is 1.02. The fourth-order valence-electron chi connectivity index (χ4n) is 2.40. The first-order valence-corrected chi connectivity index (χ1v) is 6.78. The topological polar surface area (TPSA) is 45.2 Å². The highest BCUT2D eigenvalue weighted by Crippen LogP contribution is 2.19. The predicted octanol–water partition coefficient (Wildman–Crippen LogP) is 2.31. The molecule has 0 radical (unpaired) electrons. The lowest BCUT2D eigenvalue weighted by Gasteiger charge is -2.31. The number of carbonyl (C=O) groups excluding carboxylic acids is 1. The minimum Gasteiger partial charge on any atom is -0.310 e. The number of aryl methyl sites for hydroxylation is 1. The van der Waals surface area contributed by atoms with Gasteiger partial charge in [0.25, 0.3) is 6.43 Å². The van der Waals surface area contributed by atoms with Crippen LogP contribution < -0.4 is 5.32 Å². The van der Waals surface area contributed by atoms with Gasteiger partial charge >= 0.3 is 0 Å². The number of nitrogens with one attached hydrogen (secondary N) is 1. The van der Waals surface area contributed by atoms with Crippen molar-refractivity contribution >= 4 is 11.7 Å². The van der Waals surface area contributed by atoms with Gasteiger partial charge in [-0.1, -0.05) is 6.07 Å². The Morgan fingerprint density at radius 1 is 1.55 bits per heavy atom. The van der Waals surface area contributed by atoms with Crippen molar-refractivity contribution in [2.75, 3.05) is 25.0 Å². The van der Waals surface area contributed by atoms with Gasteiger partial charge in [-0.05, 0) is 37.9 Å². The molecule has 0 aliphatic carbocycles. The minimum atomic E-state index is -2.35. The summed E-state index contributed by atoms with van der Waals surface area (Å²) in [5.74, 6) is 0.123. The van der Waals surface area contributed by atoms with E-state index in [1.165, 1.54) is 0 Å². The summed E-state index contributed by atoms with van der Waals surface area (Å²) < 4.78 is 24.8. The van der Waals surface area contributed by atoms with E-state index in [0.29, 0.717) is 18.9 Å². The first kappa shape index (κ1) is 14.8. The minimum absolute atomic E-state index is 0.139. The summed E-state index contributed by atoms with van der Waals surface area (Å²) in [6.07, 6.45) is 0.832. The molecule has 1 aliphatic rings. The van der Waals surface area contributed by atoms with Crippen molar-refractivity contribution in [1.29, 1.82) is 0 Å². The number of nitrogens with zero attached hydrogens (tertiary/aromatic N) is 2. The molecule has 1 aromatic heterocycles. The van der Waals surface area contributed by atoms with E-state index < -0.39 is 6.43 Å². The van der Waals surface area contributed by atoms with E-state index in [9.17, 15) is 13.6 Å². The van der Waals surface area contributed by atoms with E-state index in [2.05, 4.69) is 10.3 Å². The van der Waals surface area contributed by atoms with E-state index in [1.807, 2.05) is 13.0 Å². The molecule has 0 bridgehead atoms. The molecule has 6 heteroatoms. The van der Waals surface area contributed by atoms with Crippen molar-refractivity contribution in [3.05, 3.63) is 23.9 Å². The number of hydrogen-bond donors (Lipinski definition) is 1. The van der Waals surface area contributed by atoms with Gasteiger partial charge in [-0.25, -0.2) is 13.8 Å². The summed E-state index contributed by atoms with van der Waals surface area (Å²) in [6.45, 7) is 2.69. The quantitative estimate of drug-likeness (QED) is 0.922. The highest BCUT2D eigenvalue weighted by molar-refractivity contribution is 5.91. The van der Waals surface area contributed by atoms with Crippen molar-refractivity contribution in [3.8, 4) is 0 Å². The number of piperidine rings is 1. The largest absolute Gasteiger partial charge is 0.310 e. The number of hydrogen-bond acceptors (Lipinski definition) is 3. The lowest BCUT2D eigenvalue weighted by molar-refractivity contribution is -0.121. The molecule has 1 fully saturated rings. The smallest absolute Gasteiger partial charge is 0.251 e. The van der Waals surface area contributed by atoms with E-state index >= 15 is 0 Å².